The summed E-state index contributed by atoms with van der Waals surface area (Å²) in [4.78, 5) is 5.71. The van der Waals surface area contributed by atoms with E-state index in [1.807, 2.05) is 0 Å². The highest BCUT2D eigenvalue weighted by atomic mass is 35.5. The normalized spacial score (nSPS) is 11.9. The molecule has 5 heteroatoms. The molecule has 1 aromatic heterocycles. The van der Waals surface area contributed by atoms with Crippen LogP contribution in [0.1, 0.15) is 31.3 Å². The molecule has 2 nitrogen and oxygen atoms in total. The lowest BCUT2D eigenvalue weighted by molar-refractivity contribution is 0.567. The van der Waals surface area contributed by atoms with Crippen LogP contribution in [-0.2, 0) is 12.0 Å². The minimum atomic E-state index is -0.419. The standard InChI is InChI=1S/C14H16ClFN2S/c1-14(2,3)12-11(7-17)19-13(18-12)8-4-5-10(16)9(15)6-8/h4-6H,7,17H2,1-3H3. The Morgan fingerprint density at radius 3 is 2.53 bits per heavy atom. The van der Waals surface area contributed by atoms with E-state index in [0.717, 1.165) is 21.1 Å². The number of hydrogen-bond donors (Lipinski definition) is 1. The van der Waals surface area contributed by atoms with E-state index in [0.29, 0.717) is 6.54 Å². The largest absolute Gasteiger partial charge is 0.326 e. The van der Waals surface area contributed by atoms with E-state index in [-0.39, 0.29) is 10.4 Å². The number of nitrogens with two attached hydrogens (primary N) is 1. The summed E-state index contributed by atoms with van der Waals surface area (Å²) < 4.78 is 13.2. The molecular weight excluding hydrogens is 283 g/mol. The van der Waals surface area contributed by atoms with Crippen LogP contribution in [0.25, 0.3) is 10.6 Å². The van der Waals surface area contributed by atoms with Crippen molar-refractivity contribution in [3.05, 3.63) is 39.6 Å². The van der Waals surface area contributed by atoms with Gasteiger partial charge < -0.3 is 5.73 Å². The van der Waals surface area contributed by atoms with E-state index in [1.165, 1.54) is 17.4 Å². The van der Waals surface area contributed by atoms with Crippen LogP contribution in [-0.4, -0.2) is 4.98 Å². The fourth-order valence-electron chi connectivity index (χ4n) is 1.83. The molecule has 0 amide bonds. The number of nitrogens with zero attached hydrogens (tertiary/aromatic N) is 1. The average Bonchev–Trinajstić information content (AvgIpc) is 2.76. The van der Waals surface area contributed by atoms with E-state index in [4.69, 9.17) is 17.3 Å². The topological polar surface area (TPSA) is 38.9 Å². The summed E-state index contributed by atoms with van der Waals surface area (Å²) in [5.74, 6) is -0.419. The highest BCUT2D eigenvalue weighted by Gasteiger charge is 2.23. The molecule has 0 bridgehead atoms. The fraction of sp³-hybridized carbons (Fsp3) is 0.357. The van der Waals surface area contributed by atoms with Crippen molar-refractivity contribution >= 4 is 22.9 Å². The molecule has 0 atom stereocenters. The predicted octanol–water partition coefficient (Wildman–Crippen LogP) is 4.36. The van der Waals surface area contributed by atoms with Gasteiger partial charge in [0.1, 0.15) is 10.8 Å². The Hall–Kier alpha value is -0.970. The van der Waals surface area contributed by atoms with Gasteiger partial charge >= 0.3 is 0 Å². The van der Waals surface area contributed by atoms with E-state index in [9.17, 15) is 4.39 Å². The lowest BCUT2D eigenvalue weighted by Gasteiger charge is -2.16. The number of rotatable bonds is 2. The molecule has 2 aromatic rings. The molecule has 0 aliphatic carbocycles. The molecule has 102 valence electrons. The smallest absolute Gasteiger partial charge is 0.141 e. The Balaban J connectivity index is 2.51. The van der Waals surface area contributed by atoms with Gasteiger partial charge in [-0.05, 0) is 18.2 Å². The van der Waals surface area contributed by atoms with Gasteiger partial charge in [-0.25, -0.2) is 9.37 Å². The van der Waals surface area contributed by atoms with E-state index in [1.54, 1.807) is 12.1 Å². The molecule has 19 heavy (non-hydrogen) atoms. The second-order valence-corrected chi connectivity index (χ2v) is 6.86. The second-order valence-electron chi connectivity index (χ2n) is 5.37. The fourth-order valence-corrected chi connectivity index (χ4v) is 3.16. The number of hydrogen-bond acceptors (Lipinski definition) is 3. The average molecular weight is 299 g/mol. The van der Waals surface area contributed by atoms with Crippen molar-refractivity contribution in [2.75, 3.05) is 0 Å². The van der Waals surface area contributed by atoms with Crippen molar-refractivity contribution in [3.63, 3.8) is 0 Å². The molecule has 0 spiro atoms. The zero-order valence-electron chi connectivity index (χ0n) is 11.1. The summed E-state index contributed by atoms with van der Waals surface area (Å²) in [5.41, 5.74) is 7.53. The lowest BCUT2D eigenvalue weighted by atomic mass is 9.91. The van der Waals surface area contributed by atoms with Crippen molar-refractivity contribution < 1.29 is 4.39 Å². The summed E-state index contributed by atoms with van der Waals surface area (Å²) in [6.07, 6.45) is 0. The van der Waals surface area contributed by atoms with Crippen molar-refractivity contribution in [3.8, 4) is 10.6 Å². The third-order valence-corrected chi connectivity index (χ3v) is 4.18. The maximum atomic E-state index is 13.2. The van der Waals surface area contributed by atoms with E-state index >= 15 is 0 Å². The minimum absolute atomic E-state index is 0.0622. The van der Waals surface area contributed by atoms with Crippen LogP contribution in [0.15, 0.2) is 18.2 Å². The van der Waals surface area contributed by atoms with Gasteiger partial charge in [0, 0.05) is 22.4 Å². The first-order valence-electron chi connectivity index (χ1n) is 5.98. The first-order valence-corrected chi connectivity index (χ1v) is 7.18. The first-order chi connectivity index (χ1) is 8.82. The lowest BCUT2D eigenvalue weighted by Crippen LogP contribution is -2.15. The van der Waals surface area contributed by atoms with Crippen LogP contribution in [0.3, 0.4) is 0 Å². The van der Waals surface area contributed by atoms with Crippen LogP contribution >= 0.6 is 22.9 Å². The number of thiazole rings is 1. The molecular formula is C14H16ClFN2S. The van der Waals surface area contributed by atoms with Gasteiger partial charge in [-0.2, -0.15) is 0 Å². The highest BCUT2D eigenvalue weighted by molar-refractivity contribution is 7.15. The summed E-state index contributed by atoms with van der Waals surface area (Å²) in [5, 5.41) is 0.937. The SMILES string of the molecule is CC(C)(C)c1nc(-c2ccc(F)c(Cl)c2)sc1CN. The Morgan fingerprint density at radius 2 is 2.05 bits per heavy atom. The van der Waals surface area contributed by atoms with Gasteiger partial charge in [0.05, 0.1) is 10.7 Å². The van der Waals surface area contributed by atoms with Crippen LogP contribution in [0.2, 0.25) is 5.02 Å². The molecule has 0 radical (unpaired) electrons. The third kappa shape index (κ3) is 2.96. The molecule has 1 aromatic carbocycles. The van der Waals surface area contributed by atoms with Crippen LogP contribution in [0.5, 0.6) is 0 Å². The third-order valence-electron chi connectivity index (χ3n) is 2.76. The summed E-state index contributed by atoms with van der Waals surface area (Å²) in [6, 6.07) is 4.65. The Bertz CT molecular complexity index is 602. The summed E-state index contributed by atoms with van der Waals surface area (Å²) >= 11 is 7.35. The maximum Gasteiger partial charge on any atom is 0.141 e. The zero-order valence-corrected chi connectivity index (χ0v) is 12.7. The highest BCUT2D eigenvalue weighted by Crippen LogP contribution is 2.35. The van der Waals surface area contributed by atoms with Gasteiger partial charge in [-0.15, -0.1) is 11.3 Å². The Labute approximate surface area is 121 Å². The van der Waals surface area contributed by atoms with Gasteiger partial charge in [-0.1, -0.05) is 32.4 Å². The number of benzene rings is 1. The quantitative estimate of drug-likeness (QED) is 0.894. The van der Waals surface area contributed by atoms with Gasteiger partial charge in [0.25, 0.3) is 0 Å². The number of halogens is 2. The molecule has 0 fully saturated rings. The van der Waals surface area contributed by atoms with Gasteiger partial charge in [0.15, 0.2) is 0 Å². The molecule has 0 saturated carbocycles. The Morgan fingerprint density at radius 1 is 1.37 bits per heavy atom. The molecule has 0 aliphatic heterocycles. The summed E-state index contributed by atoms with van der Waals surface area (Å²) in [7, 11) is 0. The van der Waals surface area contributed by atoms with Crippen LogP contribution < -0.4 is 5.73 Å². The first kappa shape index (κ1) is 14.4. The zero-order chi connectivity index (χ0) is 14.2. The molecule has 1 heterocycles. The molecule has 0 unspecified atom stereocenters. The van der Waals surface area contributed by atoms with Crippen LogP contribution in [0.4, 0.5) is 4.39 Å². The predicted molar refractivity (Wildman–Crippen MR) is 79.1 cm³/mol. The monoisotopic (exact) mass is 298 g/mol. The van der Waals surface area contributed by atoms with Gasteiger partial charge in [0.2, 0.25) is 0 Å². The van der Waals surface area contributed by atoms with E-state index < -0.39 is 5.82 Å². The Kier molecular flexibility index (Phi) is 3.95. The van der Waals surface area contributed by atoms with Crippen molar-refractivity contribution in [2.24, 2.45) is 5.73 Å². The molecule has 2 rings (SSSR count). The summed E-state index contributed by atoms with van der Waals surface area (Å²) in [6.45, 7) is 6.76. The molecule has 2 N–H and O–H groups in total. The maximum absolute atomic E-state index is 13.2. The molecule has 0 aliphatic rings. The van der Waals surface area contributed by atoms with Gasteiger partial charge in [-0.3, -0.25) is 0 Å². The van der Waals surface area contributed by atoms with Crippen LogP contribution in [0, 0.1) is 5.82 Å². The minimum Gasteiger partial charge on any atom is -0.326 e. The van der Waals surface area contributed by atoms with E-state index in [2.05, 4.69) is 25.8 Å². The van der Waals surface area contributed by atoms with Crippen molar-refractivity contribution in [1.29, 1.82) is 0 Å². The second kappa shape index (κ2) is 5.19. The van der Waals surface area contributed by atoms with Crippen molar-refractivity contribution in [2.45, 2.75) is 32.7 Å². The number of aromatic nitrogens is 1. The van der Waals surface area contributed by atoms with Crippen molar-refractivity contribution in [1.82, 2.24) is 4.98 Å². The molecule has 0 saturated heterocycles.